The maximum Gasteiger partial charge on any atom is 0.230 e. The molecule has 26 heavy (non-hydrogen) atoms. The minimum absolute atomic E-state index is 0.0918. The number of hydrogen-bond acceptors (Lipinski definition) is 3. The molecule has 1 unspecified atom stereocenters. The number of aromatic amines is 1. The van der Waals surface area contributed by atoms with Gasteiger partial charge in [0.05, 0.1) is 12.1 Å². The van der Waals surface area contributed by atoms with Gasteiger partial charge in [0.25, 0.3) is 0 Å². The normalized spacial score (nSPS) is 22.3. The zero-order valence-electron chi connectivity index (χ0n) is 14.1. The van der Waals surface area contributed by atoms with Crippen LogP contribution in [0.4, 0.5) is 4.39 Å². The van der Waals surface area contributed by atoms with Crippen molar-refractivity contribution in [2.24, 2.45) is 5.92 Å². The lowest BCUT2D eigenvalue weighted by Crippen LogP contribution is -2.45. The van der Waals surface area contributed by atoms with Gasteiger partial charge >= 0.3 is 0 Å². The lowest BCUT2D eigenvalue weighted by atomic mass is 9.86. The maximum atomic E-state index is 15.3. The zero-order valence-corrected chi connectivity index (χ0v) is 15.7. The molecule has 4 nitrogen and oxygen atoms in total. The van der Waals surface area contributed by atoms with Crippen molar-refractivity contribution in [1.82, 2.24) is 15.1 Å². The second kappa shape index (κ2) is 7.08. The first-order chi connectivity index (χ1) is 12.5. The van der Waals surface area contributed by atoms with Crippen molar-refractivity contribution in [3.8, 4) is 0 Å². The highest BCUT2D eigenvalue weighted by Gasteiger charge is 2.39. The van der Waals surface area contributed by atoms with Crippen molar-refractivity contribution in [2.75, 3.05) is 18.8 Å². The van der Waals surface area contributed by atoms with Crippen molar-refractivity contribution >= 4 is 34.2 Å². The first-order valence-electron chi connectivity index (χ1n) is 8.63. The number of benzene rings is 1. The average molecular weight is 392 g/mol. The molecule has 1 N–H and O–H groups in total. The van der Waals surface area contributed by atoms with E-state index in [2.05, 4.69) is 10.2 Å². The first kappa shape index (κ1) is 17.6. The van der Waals surface area contributed by atoms with Gasteiger partial charge in [-0.2, -0.15) is 5.10 Å². The summed E-state index contributed by atoms with van der Waals surface area (Å²) in [7, 11) is 0. The zero-order chi connectivity index (χ0) is 18.1. The number of alkyl halides is 1. The highest BCUT2D eigenvalue weighted by atomic mass is 35.5. The van der Waals surface area contributed by atoms with Crippen LogP contribution in [0.1, 0.15) is 24.0 Å². The molecule has 0 aliphatic carbocycles. The van der Waals surface area contributed by atoms with E-state index in [4.69, 9.17) is 11.6 Å². The number of piperidine rings is 1. The predicted octanol–water partition coefficient (Wildman–Crippen LogP) is 4.25. The number of carbonyl (C=O) groups excluding carboxylic acids is 1. The van der Waals surface area contributed by atoms with E-state index in [1.807, 2.05) is 12.3 Å². The summed E-state index contributed by atoms with van der Waals surface area (Å²) in [6, 6.07) is 6.92. The molecule has 1 amide bonds. The maximum absolute atomic E-state index is 15.3. The lowest BCUT2D eigenvalue weighted by Gasteiger charge is -2.37. The van der Waals surface area contributed by atoms with Crippen LogP contribution in [-0.4, -0.2) is 39.8 Å². The Morgan fingerprint density at radius 1 is 1.31 bits per heavy atom. The second-order valence-corrected chi connectivity index (χ2v) is 8.23. The van der Waals surface area contributed by atoms with E-state index in [0.717, 1.165) is 16.2 Å². The summed E-state index contributed by atoms with van der Waals surface area (Å²) in [5.74, 6) is 0.676. The summed E-state index contributed by atoms with van der Waals surface area (Å²) in [5, 5.41) is 7.35. The van der Waals surface area contributed by atoms with E-state index < -0.39 is 5.67 Å². The summed E-state index contributed by atoms with van der Waals surface area (Å²) in [6.45, 7) is 0.877. The van der Waals surface area contributed by atoms with Gasteiger partial charge in [-0.05, 0) is 17.7 Å². The summed E-state index contributed by atoms with van der Waals surface area (Å²) in [6.07, 6.45) is 6.23. The van der Waals surface area contributed by atoms with Gasteiger partial charge in [0.15, 0.2) is 0 Å². The van der Waals surface area contributed by atoms with Crippen molar-refractivity contribution in [3.63, 3.8) is 0 Å². The third-order valence-electron chi connectivity index (χ3n) is 5.10. The van der Waals surface area contributed by atoms with E-state index in [1.54, 1.807) is 47.1 Å². The highest BCUT2D eigenvalue weighted by Crippen LogP contribution is 2.40. The molecular weight excluding hydrogens is 373 g/mol. The van der Waals surface area contributed by atoms with E-state index in [9.17, 15) is 4.79 Å². The fourth-order valence-corrected chi connectivity index (χ4v) is 4.78. The molecule has 1 fully saturated rings. The van der Waals surface area contributed by atoms with Gasteiger partial charge < -0.3 is 4.90 Å². The van der Waals surface area contributed by atoms with Gasteiger partial charge in [-0.3, -0.25) is 9.89 Å². The molecule has 0 saturated carbocycles. The van der Waals surface area contributed by atoms with Crippen LogP contribution in [0.25, 0.3) is 4.91 Å². The third-order valence-corrected chi connectivity index (χ3v) is 6.56. The van der Waals surface area contributed by atoms with Crippen LogP contribution < -0.4 is 0 Å². The van der Waals surface area contributed by atoms with Crippen molar-refractivity contribution in [3.05, 3.63) is 58.9 Å². The topological polar surface area (TPSA) is 49.0 Å². The Labute approximate surface area is 160 Å². The molecule has 4 rings (SSSR count). The average Bonchev–Trinajstić information content (AvgIpc) is 3.34. The second-order valence-electron chi connectivity index (χ2n) is 6.73. The number of nitrogens with zero attached hydrogens (tertiary/aromatic N) is 2. The molecule has 1 aromatic carbocycles. The van der Waals surface area contributed by atoms with Crippen molar-refractivity contribution in [2.45, 2.75) is 18.5 Å². The molecule has 0 radical (unpaired) electrons. The summed E-state index contributed by atoms with van der Waals surface area (Å²) in [4.78, 5) is 15.7. The molecule has 1 saturated heterocycles. The van der Waals surface area contributed by atoms with Crippen LogP contribution in [0.3, 0.4) is 0 Å². The van der Waals surface area contributed by atoms with Crippen LogP contribution in [0.5, 0.6) is 0 Å². The minimum Gasteiger partial charge on any atom is -0.342 e. The number of likely N-dealkylation sites (tertiary alicyclic amines) is 1. The summed E-state index contributed by atoms with van der Waals surface area (Å²) >= 11 is 7.56. The molecule has 0 bridgehead atoms. The van der Waals surface area contributed by atoms with Gasteiger partial charge in [0.1, 0.15) is 5.67 Å². The standard InChI is InChI=1S/C19H19ClFN3OS/c20-16-3-1-15(2-4-16)19(21)5-7-24(8-6-19)18(25)13-9-17(26-12-13)14-10-22-23-11-14/h1-4,9-11,13H,5-8,12H2,(H,22,23). The Morgan fingerprint density at radius 2 is 2.04 bits per heavy atom. The Morgan fingerprint density at radius 3 is 2.69 bits per heavy atom. The van der Waals surface area contributed by atoms with E-state index in [-0.39, 0.29) is 11.8 Å². The molecule has 2 aliphatic heterocycles. The number of H-pyrrole nitrogens is 1. The number of hydrogen-bond donors (Lipinski definition) is 1. The fourth-order valence-electron chi connectivity index (χ4n) is 3.52. The molecular formula is C19H19ClFN3OS. The van der Waals surface area contributed by atoms with Gasteiger partial charge in [0.2, 0.25) is 5.91 Å². The Bertz CT molecular complexity index is 814. The number of amides is 1. The molecule has 0 spiro atoms. The van der Waals surface area contributed by atoms with E-state index in [1.165, 1.54) is 0 Å². The SMILES string of the molecule is O=C(C1C=C(c2cn[nH]c2)SC1)N1CCC(F)(c2ccc(Cl)cc2)CC1. The lowest BCUT2D eigenvalue weighted by molar-refractivity contribution is -0.136. The predicted molar refractivity (Wildman–Crippen MR) is 103 cm³/mol. The third kappa shape index (κ3) is 3.40. The van der Waals surface area contributed by atoms with Crippen LogP contribution in [-0.2, 0) is 10.5 Å². The van der Waals surface area contributed by atoms with E-state index >= 15 is 4.39 Å². The van der Waals surface area contributed by atoms with Crippen molar-refractivity contribution < 1.29 is 9.18 Å². The number of aromatic nitrogens is 2. The molecule has 3 heterocycles. The Kier molecular flexibility index (Phi) is 4.80. The monoisotopic (exact) mass is 391 g/mol. The van der Waals surface area contributed by atoms with Crippen LogP contribution in [0.2, 0.25) is 5.02 Å². The quantitative estimate of drug-likeness (QED) is 0.850. The molecule has 1 atom stereocenters. The van der Waals surface area contributed by atoms with Gasteiger partial charge in [-0.15, -0.1) is 11.8 Å². The summed E-state index contributed by atoms with van der Waals surface area (Å²) in [5.41, 5.74) is 0.269. The number of rotatable bonds is 3. The van der Waals surface area contributed by atoms with Crippen LogP contribution >= 0.6 is 23.4 Å². The Balaban J connectivity index is 1.40. The molecule has 2 aliphatic rings. The molecule has 1 aromatic heterocycles. The number of carbonyl (C=O) groups is 1. The number of nitrogens with one attached hydrogen (secondary N) is 1. The Hall–Kier alpha value is -1.79. The van der Waals surface area contributed by atoms with Gasteiger partial charge in [0, 0.05) is 53.4 Å². The molecule has 136 valence electrons. The van der Waals surface area contributed by atoms with Crippen LogP contribution in [0.15, 0.2) is 42.7 Å². The summed E-state index contributed by atoms with van der Waals surface area (Å²) < 4.78 is 15.3. The minimum atomic E-state index is -1.39. The molecule has 7 heteroatoms. The number of halogens is 2. The fraction of sp³-hybridized carbons (Fsp3) is 0.368. The number of thioether (sulfide) groups is 1. The van der Waals surface area contributed by atoms with Crippen molar-refractivity contribution in [1.29, 1.82) is 0 Å². The van der Waals surface area contributed by atoms with Crippen LogP contribution in [0, 0.1) is 5.92 Å². The largest absolute Gasteiger partial charge is 0.342 e. The van der Waals surface area contributed by atoms with Gasteiger partial charge in [-0.25, -0.2) is 4.39 Å². The van der Waals surface area contributed by atoms with E-state index in [0.29, 0.717) is 36.5 Å². The smallest absolute Gasteiger partial charge is 0.230 e. The van der Waals surface area contributed by atoms with Gasteiger partial charge in [-0.1, -0.05) is 29.8 Å². The molecule has 2 aromatic rings. The highest BCUT2D eigenvalue weighted by molar-refractivity contribution is 8.08. The first-order valence-corrected chi connectivity index (χ1v) is 9.99.